The first-order valence-corrected chi connectivity index (χ1v) is 8.30. The number of aryl methyl sites for hydroxylation is 1. The zero-order valence-electron chi connectivity index (χ0n) is 14.1. The van der Waals surface area contributed by atoms with Gasteiger partial charge in [-0.25, -0.2) is 9.97 Å². The van der Waals surface area contributed by atoms with Crippen molar-refractivity contribution in [3.8, 4) is 5.75 Å². The van der Waals surface area contributed by atoms with E-state index >= 15 is 0 Å². The first kappa shape index (κ1) is 17.6. The van der Waals surface area contributed by atoms with Crippen LogP contribution in [0.4, 0.5) is 5.69 Å². The summed E-state index contributed by atoms with van der Waals surface area (Å²) in [6.45, 7) is 5.72. The van der Waals surface area contributed by atoms with E-state index in [0.29, 0.717) is 18.0 Å². The van der Waals surface area contributed by atoms with Crippen LogP contribution in [0.3, 0.4) is 0 Å². The van der Waals surface area contributed by atoms with E-state index < -0.39 is 0 Å². The monoisotopic (exact) mass is 360 g/mol. The van der Waals surface area contributed by atoms with E-state index in [1.165, 1.54) is 0 Å². The molecule has 0 aliphatic carbocycles. The number of halogens is 1. The highest BCUT2D eigenvalue weighted by molar-refractivity contribution is 5.85. The number of rotatable bonds is 2. The van der Waals surface area contributed by atoms with Gasteiger partial charge in [-0.3, -0.25) is 4.79 Å². The second-order valence-electron chi connectivity index (χ2n) is 6.24. The van der Waals surface area contributed by atoms with Gasteiger partial charge >= 0.3 is 5.97 Å². The van der Waals surface area contributed by atoms with Crippen molar-refractivity contribution in [1.82, 2.24) is 15.3 Å². The zero-order chi connectivity index (χ0) is 16.5. The van der Waals surface area contributed by atoms with Crippen molar-refractivity contribution in [3.05, 3.63) is 47.5 Å². The molecule has 1 fully saturated rings. The van der Waals surface area contributed by atoms with Gasteiger partial charge in [0, 0.05) is 44.1 Å². The number of fused-ring (bicyclic) bond motifs is 1. The molecule has 0 radical (unpaired) electrons. The molecule has 3 heterocycles. The summed E-state index contributed by atoms with van der Waals surface area (Å²) < 4.78 is 5.63. The number of hydrogen-bond acceptors (Lipinski definition) is 6. The Balaban J connectivity index is 0.00000182. The summed E-state index contributed by atoms with van der Waals surface area (Å²) in [6, 6.07) is 7.96. The summed E-state index contributed by atoms with van der Waals surface area (Å²) in [7, 11) is 0. The lowest BCUT2D eigenvalue weighted by atomic mass is 9.93. The van der Waals surface area contributed by atoms with Gasteiger partial charge in [-0.05, 0) is 31.0 Å². The van der Waals surface area contributed by atoms with Crippen LogP contribution >= 0.6 is 12.4 Å². The lowest BCUT2D eigenvalue weighted by Crippen LogP contribution is -2.43. The van der Waals surface area contributed by atoms with Gasteiger partial charge in [-0.1, -0.05) is 6.07 Å². The largest absolute Gasteiger partial charge is 0.426 e. The Morgan fingerprint density at radius 3 is 2.80 bits per heavy atom. The van der Waals surface area contributed by atoms with E-state index in [2.05, 4.69) is 32.3 Å². The van der Waals surface area contributed by atoms with Gasteiger partial charge in [-0.15, -0.1) is 12.4 Å². The molecule has 1 aromatic carbocycles. The minimum absolute atomic E-state index is 0. The Bertz CT molecular complexity index is 777. The lowest BCUT2D eigenvalue weighted by Gasteiger charge is -2.31. The maximum atomic E-state index is 12.5. The average molecular weight is 361 g/mol. The molecule has 1 aromatic heterocycles. The van der Waals surface area contributed by atoms with E-state index in [1.807, 2.05) is 13.0 Å². The summed E-state index contributed by atoms with van der Waals surface area (Å²) in [5.41, 5.74) is 2.89. The molecular weight excluding hydrogens is 340 g/mol. The molecule has 4 rings (SSSR count). The summed E-state index contributed by atoms with van der Waals surface area (Å²) in [6.07, 6.45) is 2.31. The molecular formula is C18H21ClN4O2. The van der Waals surface area contributed by atoms with Crippen molar-refractivity contribution < 1.29 is 9.53 Å². The van der Waals surface area contributed by atoms with Crippen LogP contribution in [0.15, 0.2) is 30.5 Å². The Morgan fingerprint density at radius 2 is 2.04 bits per heavy atom. The van der Waals surface area contributed by atoms with Gasteiger partial charge in [0.2, 0.25) is 0 Å². The smallest absolute Gasteiger partial charge is 0.320 e. The van der Waals surface area contributed by atoms with Crippen LogP contribution in [0.5, 0.6) is 5.75 Å². The molecule has 0 saturated carbocycles. The number of aromatic nitrogens is 2. The first-order chi connectivity index (χ1) is 11.7. The number of ether oxygens (including phenoxy) is 1. The second-order valence-corrected chi connectivity index (χ2v) is 6.24. The lowest BCUT2D eigenvalue weighted by molar-refractivity contribution is -0.137. The molecule has 0 spiro atoms. The summed E-state index contributed by atoms with van der Waals surface area (Å²) in [5, 5.41) is 3.34. The average Bonchev–Trinajstić information content (AvgIpc) is 2.61. The van der Waals surface area contributed by atoms with Gasteiger partial charge in [0.15, 0.2) is 0 Å². The predicted molar refractivity (Wildman–Crippen MR) is 97.6 cm³/mol. The highest BCUT2D eigenvalue weighted by Gasteiger charge is 2.31. The molecule has 2 aromatic rings. The SMILES string of the molecule is Cc1nccc(C2Cc3ccc(N4CCNCC4)cc3OC2=O)n1.Cl. The Kier molecular flexibility index (Phi) is 5.20. The zero-order valence-corrected chi connectivity index (χ0v) is 14.9. The number of nitrogens with zero attached hydrogens (tertiary/aromatic N) is 3. The highest BCUT2D eigenvalue weighted by Crippen LogP contribution is 2.35. The minimum Gasteiger partial charge on any atom is -0.426 e. The number of hydrogen-bond donors (Lipinski definition) is 1. The highest BCUT2D eigenvalue weighted by atomic mass is 35.5. The topological polar surface area (TPSA) is 67.3 Å². The van der Waals surface area contributed by atoms with E-state index in [4.69, 9.17) is 4.74 Å². The van der Waals surface area contributed by atoms with Gasteiger partial charge in [0.25, 0.3) is 0 Å². The van der Waals surface area contributed by atoms with E-state index in [-0.39, 0.29) is 24.3 Å². The fourth-order valence-corrected chi connectivity index (χ4v) is 3.30. The van der Waals surface area contributed by atoms with Crippen LogP contribution in [0.1, 0.15) is 23.0 Å². The van der Waals surface area contributed by atoms with Crippen LogP contribution < -0.4 is 15.0 Å². The molecule has 0 amide bonds. The van der Waals surface area contributed by atoms with E-state index in [0.717, 1.165) is 43.1 Å². The Hall–Kier alpha value is -2.18. The van der Waals surface area contributed by atoms with E-state index in [1.54, 1.807) is 12.3 Å². The van der Waals surface area contributed by atoms with Gasteiger partial charge in [0.1, 0.15) is 17.5 Å². The first-order valence-electron chi connectivity index (χ1n) is 8.30. The van der Waals surface area contributed by atoms with Crippen LogP contribution in [-0.4, -0.2) is 42.1 Å². The summed E-state index contributed by atoms with van der Waals surface area (Å²) in [4.78, 5) is 23.2. The Morgan fingerprint density at radius 1 is 1.24 bits per heavy atom. The number of carbonyl (C=O) groups is 1. The normalized spacial score (nSPS) is 19.6. The fraction of sp³-hybridized carbons (Fsp3) is 0.389. The number of piperazine rings is 1. The maximum Gasteiger partial charge on any atom is 0.320 e. The quantitative estimate of drug-likeness (QED) is 0.651. The number of esters is 1. The molecule has 1 unspecified atom stereocenters. The number of carbonyl (C=O) groups excluding carboxylic acids is 1. The molecule has 0 bridgehead atoms. The predicted octanol–water partition coefficient (Wildman–Crippen LogP) is 1.86. The maximum absolute atomic E-state index is 12.5. The minimum atomic E-state index is -0.357. The molecule has 132 valence electrons. The van der Waals surface area contributed by atoms with Crippen molar-refractivity contribution in [3.63, 3.8) is 0 Å². The molecule has 1 atom stereocenters. The van der Waals surface area contributed by atoms with Crippen molar-refractivity contribution in [2.75, 3.05) is 31.1 Å². The molecule has 7 heteroatoms. The van der Waals surface area contributed by atoms with Crippen LogP contribution in [0.25, 0.3) is 0 Å². The van der Waals surface area contributed by atoms with Gasteiger partial charge < -0.3 is 15.0 Å². The summed E-state index contributed by atoms with van der Waals surface area (Å²) in [5.74, 6) is 0.750. The van der Waals surface area contributed by atoms with Crippen LogP contribution in [-0.2, 0) is 11.2 Å². The van der Waals surface area contributed by atoms with Crippen LogP contribution in [0, 0.1) is 6.92 Å². The molecule has 6 nitrogen and oxygen atoms in total. The van der Waals surface area contributed by atoms with E-state index in [9.17, 15) is 4.79 Å². The molecule has 25 heavy (non-hydrogen) atoms. The Labute approximate surface area is 153 Å². The number of anilines is 1. The van der Waals surface area contributed by atoms with Gasteiger partial charge in [-0.2, -0.15) is 0 Å². The third-order valence-corrected chi connectivity index (χ3v) is 4.61. The van der Waals surface area contributed by atoms with Crippen molar-refractivity contribution in [1.29, 1.82) is 0 Å². The molecule has 2 aliphatic heterocycles. The molecule has 1 saturated heterocycles. The number of nitrogens with one attached hydrogen (secondary N) is 1. The van der Waals surface area contributed by atoms with Crippen molar-refractivity contribution >= 4 is 24.1 Å². The second kappa shape index (κ2) is 7.37. The van der Waals surface area contributed by atoms with Crippen molar-refractivity contribution in [2.24, 2.45) is 0 Å². The number of benzene rings is 1. The van der Waals surface area contributed by atoms with Crippen molar-refractivity contribution in [2.45, 2.75) is 19.3 Å². The third kappa shape index (κ3) is 3.60. The standard InChI is InChI=1S/C18H20N4O2.ClH/c1-12-20-5-4-16(21-12)15-10-13-2-3-14(11-17(13)24-18(15)23)22-8-6-19-7-9-22;/h2-5,11,15,19H,6-10H2,1H3;1H. The third-order valence-electron chi connectivity index (χ3n) is 4.61. The van der Waals surface area contributed by atoms with Gasteiger partial charge in [0.05, 0.1) is 5.69 Å². The van der Waals surface area contributed by atoms with Crippen LogP contribution in [0.2, 0.25) is 0 Å². The molecule has 2 aliphatic rings. The summed E-state index contributed by atoms with van der Waals surface area (Å²) >= 11 is 0. The fourth-order valence-electron chi connectivity index (χ4n) is 3.30. The molecule has 1 N–H and O–H groups in total.